The van der Waals surface area contributed by atoms with Crippen LogP contribution in [0.25, 0.3) is 10.9 Å². The lowest BCUT2D eigenvalue weighted by Crippen LogP contribution is -2.23. The molecule has 0 bridgehead atoms. The number of rotatable bonds is 3. The Labute approximate surface area is 155 Å². The summed E-state index contributed by atoms with van der Waals surface area (Å²) in [5.41, 5.74) is 0.994. The maximum atomic E-state index is 12.6. The number of fused-ring (bicyclic) bond motifs is 1. The third-order valence-electron chi connectivity index (χ3n) is 3.84. The van der Waals surface area contributed by atoms with Gasteiger partial charge in [-0.3, -0.25) is 9.36 Å². The largest absolute Gasteiger partial charge is 0.462 e. The van der Waals surface area contributed by atoms with Crippen molar-refractivity contribution in [2.75, 3.05) is 6.61 Å². The van der Waals surface area contributed by atoms with Gasteiger partial charge in [0.1, 0.15) is 6.07 Å². The number of para-hydroxylation sites is 1. The fourth-order valence-electron chi connectivity index (χ4n) is 2.59. The zero-order chi connectivity index (χ0) is 19.2. The van der Waals surface area contributed by atoms with Crippen molar-refractivity contribution in [2.24, 2.45) is 0 Å². The van der Waals surface area contributed by atoms with E-state index >= 15 is 0 Å². The van der Waals surface area contributed by atoms with Crippen molar-refractivity contribution in [3.05, 3.63) is 75.8 Å². The summed E-state index contributed by atoms with van der Waals surface area (Å²) in [6.07, 6.45) is 0. The lowest BCUT2D eigenvalue weighted by Gasteiger charge is -2.06. The predicted molar refractivity (Wildman–Crippen MR) is 100.0 cm³/mol. The topological polar surface area (TPSA) is 85.0 Å². The third-order valence-corrected chi connectivity index (χ3v) is 3.84. The number of aromatic nitrogens is 2. The van der Waals surface area contributed by atoms with Gasteiger partial charge in [-0.25, -0.2) is 9.78 Å². The van der Waals surface area contributed by atoms with E-state index in [1.807, 2.05) is 6.07 Å². The van der Waals surface area contributed by atoms with Gasteiger partial charge in [-0.15, -0.1) is 0 Å². The zero-order valence-corrected chi connectivity index (χ0v) is 14.6. The van der Waals surface area contributed by atoms with Crippen LogP contribution in [0.1, 0.15) is 28.7 Å². The summed E-state index contributed by atoms with van der Waals surface area (Å²) < 4.78 is 6.25. The van der Waals surface area contributed by atoms with Crippen LogP contribution in [-0.2, 0) is 11.3 Å². The maximum Gasteiger partial charge on any atom is 0.339 e. The summed E-state index contributed by atoms with van der Waals surface area (Å²) in [6, 6.07) is 15.6. The normalized spacial score (nSPS) is 9.93. The van der Waals surface area contributed by atoms with E-state index in [1.54, 1.807) is 55.5 Å². The van der Waals surface area contributed by atoms with Crippen LogP contribution in [0, 0.1) is 23.2 Å². The molecule has 3 aromatic rings. The van der Waals surface area contributed by atoms with E-state index < -0.39 is 5.97 Å². The molecule has 1 aromatic heterocycles. The summed E-state index contributed by atoms with van der Waals surface area (Å²) in [4.78, 5) is 28.9. The van der Waals surface area contributed by atoms with Gasteiger partial charge < -0.3 is 4.74 Å². The first-order valence-electron chi connectivity index (χ1n) is 8.30. The van der Waals surface area contributed by atoms with E-state index in [2.05, 4.69) is 16.8 Å². The number of ether oxygens (including phenoxy) is 1. The number of benzene rings is 2. The number of nitriles is 1. The second-order valence-corrected chi connectivity index (χ2v) is 5.52. The molecule has 0 aliphatic carbocycles. The maximum absolute atomic E-state index is 12.6. The average molecular weight is 357 g/mol. The van der Waals surface area contributed by atoms with Crippen LogP contribution >= 0.6 is 0 Å². The molecular weight excluding hydrogens is 342 g/mol. The van der Waals surface area contributed by atoms with Crippen LogP contribution in [-0.4, -0.2) is 22.1 Å². The first-order chi connectivity index (χ1) is 13.2. The Morgan fingerprint density at radius 3 is 2.70 bits per heavy atom. The molecule has 0 saturated heterocycles. The van der Waals surface area contributed by atoms with Crippen LogP contribution in [0.15, 0.2) is 53.3 Å². The van der Waals surface area contributed by atoms with Crippen molar-refractivity contribution in [3.8, 4) is 17.9 Å². The summed E-state index contributed by atoms with van der Waals surface area (Å²) in [7, 11) is 0. The van der Waals surface area contributed by atoms with Crippen LogP contribution in [0.3, 0.4) is 0 Å². The van der Waals surface area contributed by atoms with Gasteiger partial charge in [-0.05, 0) is 31.2 Å². The van der Waals surface area contributed by atoms with Crippen LogP contribution in [0.5, 0.6) is 0 Å². The fraction of sp³-hybridized carbons (Fsp3) is 0.143. The van der Waals surface area contributed by atoms with Gasteiger partial charge in [0, 0.05) is 5.56 Å². The third kappa shape index (κ3) is 3.70. The Bertz CT molecular complexity index is 1180. The average Bonchev–Trinajstić information content (AvgIpc) is 2.70. The molecule has 0 saturated carbocycles. The number of carbonyl (C=O) groups excluding carboxylic acids is 1. The molecule has 2 aromatic carbocycles. The second-order valence-electron chi connectivity index (χ2n) is 5.52. The standard InChI is InChI=1S/C21H15N3O3/c1-2-27-21(26)16-10-4-3-8-15(16)9-7-13-24-19(14-22)23-18-12-6-5-11-17(18)20(24)25/h3-6,8,10-12H,2,13H2,1H3. The molecule has 0 unspecified atom stereocenters. The second kappa shape index (κ2) is 7.99. The van der Waals surface area contributed by atoms with Crippen LogP contribution in [0.2, 0.25) is 0 Å². The lowest BCUT2D eigenvalue weighted by atomic mass is 10.1. The van der Waals surface area contributed by atoms with Gasteiger partial charge in [-0.2, -0.15) is 5.26 Å². The van der Waals surface area contributed by atoms with Crippen molar-refractivity contribution in [1.29, 1.82) is 5.26 Å². The van der Waals surface area contributed by atoms with Crippen molar-refractivity contribution >= 4 is 16.9 Å². The Kier molecular flexibility index (Phi) is 5.30. The summed E-state index contributed by atoms with van der Waals surface area (Å²) in [5, 5.41) is 9.73. The minimum absolute atomic E-state index is 0.00771. The fourth-order valence-corrected chi connectivity index (χ4v) is 2.59. The molecule has 0 aliphatic heterocycles. The summed E-state index contributed by atoms with van der Waals surface area (Å²) in [6.45, 7) is 1.98. The van der Waals surface area contributed by atoms with E-state index in [4.69, 9.17) is 4.74 Å². The zero-order valence-electron chi connectivity index (χ0n) is 14.6. The summed E-state index contributed by atoms with van der Waals surface area (Å²) >= 11 is 0. The van der Waals surface area contributed by atoms with Gasteiger partial charge in [0.2, 0.25) is 5.82 Å². The smallest absolute Gasteiger partial charge is 0.339 e. The molecule has 132 valence electrons. The van der Waals surface area contributed by atoms with E-state index in [1.165, 1.54) is 4.57 Å². The van der Waals surface area contributed by atoms with Crippen molar-refractivity contribution in [2.45, 2.75) is 13.5 Å². The Balaban J connectivity index is 1.98. The SMILES string of the molecule is CCOC(=O)c1ccccc1C#CCn1c(C#N)nc2ccccc2c1=O. The first kappa shape index (κ1) is 17.9. The number of nitrogens with zero attached hydrogens (tertiary/aromatic N) is 3. The molecular formula is C21H15N3O3. The molecule has 0 N–H and O–H groups in total. The molecule has 0 aliphatic rings. The van der Waals surface area contributed by atoms with E-state index in [9.17, 15) is 14.9 Å². The highest BCUT2D eigenvalue weighted by Crippen LogP contribution is 2.10. The lowest BCUT2D eigenvalue weighted by molar-refractivity contribution is 0.0526. The molecule has 6 nitrogen and oxygen atoms in total. The van der Waals surface area contributed by atoms with E-state index in [-0.39, 0.29) is 24.5 Å². The number of esters is 1. The Morgan fingerprint density at radius 1 is 1.19 bits per heavy atom. The first-order valence-corrected chi connectivity index (χ1v) is 8.30. The van der Waals surface area contributed by atoms with Crippen LogP contribution < -0.4 is 5.56 Å². The summed E-state index contributed by atoms with van der Waals surface area (Å²) in [5.74, 6) is 5.27. The van der Waals surface area contributed by atoms with Crippen LogP contribution in [0.4, 0.5) is 0 Å². The van der Waals surface area contributed by atoms with Crippen molar-refractivity contribution < 1.29 is 9.53 Å². The molecule has 1 heterocycles. The van der Waals surface area contributed by atoms with E-state index in [0.29, 0.717) is 22.0 Å². The Hall–Kier alpha value is -3.90. The molecule has 0 atom stereocenters. The molecule has 3 rings (SSSR count). The van der Waals surface area contributed by atoms with Gasteiger partial charge in [0.15, 0.2) is 0 Å². The highest BCUT2D eigenvalue weighted by Gasteiger charge is 2.11. The van der Waals surface area contributed by atoms with Gasteiger partial charge in [0.05, 0.1) is 29.6 Å². The molecule has 0 radical (unpaired) electrons. The molecule has 0 spiro atoms. The van der Waals surface area contributed by atoms with Gasteiger partial charge in [0.25, 0.3) is 5.56 Å². The molecule has 6 heteroatoms. The van der Waals surface area contributed by atoms with E-state index in [0.717, 1.165) is 0 Å². The molecule has 27 heavy (non-hydrogen) atoms. The predicted octanol–water partition coefficient (Wildman–Crippen LogP) is 2.50. The minimum atomic E-state index is -0.454. The monoisotopic (exact) mass is 357 g/mol. The van der Waals surface area contributed by atoms with Crippen molar-refractivity contribution in [3.63, 3.8) is 0 Å². The Morgan fingerprint density at radius 2 is 1.93 bits per heavy atom. The van der Waals surface area contributed by atoms with Gasteiger partial charge in [-0.1, -0.05) is 36.1 Å². The number of hydrogen-bond donors (Lipinski definition) is 0. The van der Waals surface area contributed by atoms with Crippen molar-refractivity contribution in [1.82, 2.24) is 9.55 Å². The molecule has 0 amide bonds. The number of carbonyl (C=O) groups is 1. The minimum Gasteiger partial charge on any atom is -0.462 e. The highest BCUT2D eigenvalue weighted by molar-refractivity contribution is 5.92. The van der Waals surface area contributed by atoms with Gasteiger partial charge >= 0.3 is 5.97 Å². The molecule has 0 fully saturated rings. The highest BCUT2D eigenvalue weighted by atomic mass is 16.5. The number of hydrogen-bond acceptors (Lipinski definition) is 5. The quantitative estimate of drug-likeness (QED) is 0.531.